The molecule has 5 N–H and O–H groups in total. The minimum Gasteiger partial charge on any atom is -0.362 e. The number of ketones is 1. The first kappa shape index (κ1) is 18.3. The van der Waals surface area contributed by atoms with E-state index in [-0.39, 0.29) is 23.1 Å². The van der Waals surface area contributed by atoms with Gasteiger partial charge in [-0.2, -0.15) is 5.10 Å². The molecule has 0 aliphatic carbocycles. The Morgan fingerprint density at radius 1 is 1.24 bits per heavy atom. The van der Waals surface area contributed by atoms with E-state index in [4.69, 9.17) is 11.6 Å². The molecule has 0 fully saturated rings. The molecule has 1 amide bonds. The van der Waals surface area contributed by atoms with Crippen LogP contribution in [0.2, 0.25) is 5.02 Å². The highest BCUT2D eigenvalue weighted by molar-refractivity contribution is 8.03. The molecular formula is C19H17ClN6O2S. The average molecular weight is 429 g/mol. The lowest BCUT2D eigenvalue weighted by Gasteiger charge is -2.32. The van der Waals surface area contributed by atoms with E-state index in [9.17, 15) is 9.59 Å². The summed E-state index contributed by atoms with van der Waals surface area (Å²) in [7, 11) is 0. The van der Waals surface area contributed by atoms with Crippen LogP contribution in [0.5, 0.6) is 0 Å². The van der Waals surface area contributed by atoms with Crippen molar-refractivity contribution in [2.45, 2.75) is 11.4 Å². The summed E-state index contributed by atoms with van der Waals surface area (Å²) in [6.07, 6.45) is 3.61. The highest BCUT2D eigenvalue weighted by atomic mass is 35.5. The van der Waals surface area contributed by atoms with Crippen molar-refractivity contribution in [3.8, 4) is 0 Å². The van der Waals surface area contributed by atoms with Crippen molar-refractivity contribution >= 4 is 40.9 Å². The summed E-state index contributed by atoms with van der Waals surface area (Å²) in [4.78, 5) is 26.1. The lowest BCUT2D eigenvalue weighted by atomic mass is 9.84. The van der Waals surface area contributed by atoms with Crippen LogP contribution in [0.15, 0.2) is 52.8 Å². The van der Waals surface area contributed by atoms with Crippen LogP contribution >= 0.6 is 23.4 Å². The number of nitrogens with one attached hydrogen (secondary N) is 5. The van der Waals surface area contributed by atoms with Gasteiger partial charge in [-0.05, 0) is 24.3 Å². The van der Waals surface area contributed by atoms with E-state index in [1.54, 1.807) is 30.5 Å². The Morgan fingerprint density at radius 2 is 2.07 bits per heavy atom. The Kier molecular flexibility index (Phi) is 4.57. The molecule has 0 saturated carbocycles. The molecule has 8 nitrogen and oxygen atoms in total. The van der Waals surface area contributed by atoms with Gasteiger partial charge in [0, 0.05) is 45.1 Å². The Morgan fingerprint density at radius 3 is 2.90 bits per heavy atom. The predicted molar refractivity (Wildman–Crippen MR) is 111 cm³/mol. The number of Topliss-reactive ketones (excluding diaryl/α,β-unsaturated/α-hetero) is 1. The van der Waals surface area contributed by atoms with Gasteiger partial charge in [0.1, 0.15) is 5.82 Å². The molecule has 1 aromatic carbocycles. The number of nitrogens with zero attached hydrogens (tertiary/aromatic N) is 1. The minimum absolute atomic E-state index is 0.0609. The predicted octanol–water partition coefficient (Wildman–Crippen LogP) is 1.89. The number of benzene rings is 1. The fraction of sp³-hybridized carbons (Fsp3) is 0.211. The molecule has 0 saturated heterocycles. The quantitative estimate of drug-likeness (QED) is 0.507. The smallest absolute Gasteiger partial charge is 0.253 e. The number of anilines is 1. The van der Waals surface area contributed by atoms with E-state index in [1.165, 1.54) is 11.8 Å². The second kappa shape index (κ2) is 7.25. The topological polar surface area (TPSA) is 111 Å². The van der Waals surface area contributed by atoms with E-state index >= 15 is 0 Å². The number of hydrogen-bond donors (Lipinski definition) is 5. The Hall–Kier alpha value is -2.75. The van der Waals surface area contributed by atoms with Gasteiger partial charge in [-0.15, -0.1) is 0 Å². The third-order valence-corrected chi connectivity index (χ3v) is 6.41. The van der Waals surface area contributed by atoms with Crippen LogP contribution in [0.4, 0.5) is 5.82 Å². The Balaban J connectivity index is 1.36. The summed E-state index contributed by atoms with van der Waals surface area (Å²) < 4.78 is 0. The first-order chi connectivity index (χ1) is 14.1. The Labute approximate surface area is 175 Å². The van der Waals surface area contributed by atoms with Gasteiger partial charge in [0.2, 0.25) is 0 Å². The number of halogens is 1. The minimum atomic E-state index is -0.334. The van der Waals surface area contributed by atoms with Gasteiger partial charge in [0.15, 0.2) is 11.3 Å². The zero-order valence-electron chi connectivity index (χ0n) is 15.1. The maximum absolute atomic E-state index is 12.7. The number of aromatic nitrogens is 2. The number of carbonyl (C=O) groups excluding carboxylic acids is 2. The molecule has 2 unspecified atom stereocenters. The molecule has 3 aliphatic heterocycles. The molecule has 5 rings (SSSR count). The van der Waals surface area contributed by atoms with Crippen molar-refractivity contribution in [1.29, 1.82) is 0 Å². The maximum atomic E-state index is 12.7. The molecule has 1 aromatic heterocycles. The second-order valence-corrected chi connectivity index (χ2v) is 8.48. The van der Waals surface area contributed by atoms with Gasteiger partial charge in [-0.25, -0.2) is 0 Å². The van der Waals surface area contributed by atoms with Gasteiger partial charge >= 0.3 is 0 Å². The second-order valence-electron chi connectivity index (χ2n) is 6.87. The number of aromatic amines is 1. The zero-order chi connectivity index (χ0) is 20.0. The fourth-order valence-electron chi connectivity index (χ4n) is 3.71. The molecule has 29 heavy (non-hydrogen) atoms. The largest absolute Gasteiger partial charge is 0.362 e. The zero-order valence-corrected chi connectivity index (χ0v) is 16.7. The molecule has 2 aromatic rings. The van der Waals surface area contributed by atoms with Gasteiger partial charge in [0.25, 0.3) is 5.91 Å². The van der Waals surface area contributed by atoms with Crippen LogP contribution in [0.25, 0.3) is 0 Å². The molecule has 10 heteroatoms. The molecular weight excluding hydrogens is 412 g/mol. The number of allylic oxidation sites excluding steroid dienone is 1. The number of carbonyl (C=O) groups is 2. The summed E-state index contributed by atoms with van der Waals surface area (Å²) in [5.74, 6) is 0.434. The summed E-state index contributed by atoms with van der Waals surface area (Å²) in [6, 6.07) is 6.73. The number of fused-ring (bicyclic) bond motifs is 1. The van der Waals surface area contributed by atoms with Crippen molar-refractivity contribution in [1.82, 2.24) is 26.1 Å². The van der Waals surface area contributed by atoms with Gasteiger partial charge < -0.3 is 21.3 Å². The van der Waals surface area contributed by atoms with Gasteiger partial charge in [-0.1, -0.05) is 23.4 Å². The lowest BCUT2D eigenvalue weighted by Crippen LogP contribution is -2.39. The van der Waals surface area contributed by atoms with Crippen LogP contribution in [0.1, 0.15) is 21.8 Å². The van der Waals surface area contributed by atoms with Crippen molar-refractivity contribution < 1.29 is 9.59 Å². The van der Waals surface area contributed by atoms with E-state index < -0.39 is 0 Å². The molecule has 0 spiro atoms. The highest BCUT2D eigenvalue weighted by Crippen LogP contribution is 2.47. The number of thioether (sulfide) groups is 1. The molecule has 3 aliphatic rings. The van der Waals surface area contributed by atoms with E-state index in [0.717, 1.165) is 27.6 Å². The van der Waals surface area contributed by atoms with E-state index in [2.05, 4.69) is 31.5 Å². The lowest BCUT2D eigenvalue weighted by molar-refractivity contribution is -0.115. The van der Waals surface area contributed by atoms with Crippen LogP contribution in [-0.4, -0.2) is 40.5 Å². The van der Waals surface area contributed by atoms with Crippen molar-refractivity contribution in [3.63, 3.8) is 0 Å². The van der Waals surface area contributed by atoms with Crippen LogP contribution in [0.3, 0.4) is 0 Å². The molecule has 4 heterocycles. The molecule has 148 valence electrons. The standard InChI is InChI=1S/C19H17ClN6O2S/c20-10-3-1-9(2-4-10)18(28)25-19-22-8-14(29-19)15-11-5-23-26-17(11)24-12-6-21-7-13(27)16(12)15/h1-5,8,15,19,21-22H,6-7H2,(H,25,28)(H2,23,24,26). The number of hydrogen-bond acceptors (Lipinski definition) is 7. The third kappa shape index (κ3) is 3.31. The SMILES string of the molecule is O=C1CNCC2=C1C(C1=CNC(NC(=O)c3ccc(Cl)cc3)S1)c1cn[nH]c1N2. The van der Waals surface area contributed by atoms with E-state index in [0.29, 0.717) is 23.7 Å². The first-order valence-electron chi connectivity index (χ1n) is 9.06. The first-order valence-corrected chi connectivity index (χ1v) is 10.3. The van der Waals surface area contributed by atoms with Crippen LogP contribution in [0, 0.1) is 0 Å². The summed E-state index contributed by atoms with van der Waals surface area (Å²) >= 11 is 7.37. The summed E-state index contributed by atoms with van der Waals surface area (Å²) in [5.41, 5.74) is 2.73. The number of amides is 1. The fourth-order valence-corrected chi connectivity index (χ4v) is 4.93. The molecule has 0 radical (unpaired) electrons. The number of H-pyrrole nitrogens is 1. The van der Waals surface area contributed by atoms with Crippen molar-refractivity contribution in [2.24, 2.45) is 0 Å². The highest BCUT2D eigenvalue weighted by Gasteiger charge is 2.39. The molecule has 2 atom stereocenters. The normalized spacial score (nSPS) is 22.9. The summed E-state index contributed by atoms with van der Waals surface area (Å²) in [5, 5.41) is 20.2. The van der Waals surface area contributed by atoms with Crippen molar-refractivity contribution in [3.05, 3.63) is 69.0 Å². The third-order valence-electron chi connectivity index (χ3n) is 5.04. The monoisotopic (exact) mass is 428 g/mol. The van der Waals surface area contributed by atoms with Crippen LogP contribution < -0.4 is 21.3 Å². The summed E-state index contributed by atoms with van der Waals surface area (Å²) in [6.45, 7) is 0.907. The van der Waals surface area contributed by atoms with Gasteiger partial charge in [0.05, 0.1) is 18.7 Å². The van der Waals surface area contributed by atoms with Crippen LogP contribution in [-0.2, 0) is 4.79 Å². The van der Waals surface area contributed by atoms with E-state index in [1.807, 2.05) is 6.20 Å². The average Bonchev–Trinajstić information content (AvgIpc) is 3.36. The number of rotatable bonds is 3. The Bertz CT molecular complexity index is 1060. The van der Waals surface area contributed by atoms with Gasteiger partial charge in [-0.3, -0.25) is 14.7 Å². The maximum Gasteiger partial charge on any atom is 0.253 e. The molecule has 0 bridgehead atoms. The van der Waals surface area contributed by atoms with Crippen molar-refractivity contribution in [2.75, 3.05) is 18.4 Å².